The second kappa shape index (κ2) is 7.87. The molecule has 1 aliphatic heterocycles. The van der Waals surface area contributed by atoms with Gasteiger partial charge in [-0.15, -0.1) is 0 Å². The van der Waals surface area contributed by atoms with Crippen LogP contribution in [0.3, 0.4) is 0 Å². The second-order valence-corrected chi connectivity index (χ2v) is 6.74. The Balaban J connectivity index is 2.08. The molecule has 3 N–H and O–H groups in total. The van der Waals surface area contributed by atoms with Crippen LogP contribution in [0, 0.1) is 0 Å². The van der Waals surface area contributed by atoms with E-state index in [0.29, 0.717) is 35.8 Å². The van der Waals surface area contributed by atoms with Crippen molar-refractivity contribution in [3.05, 3.63) is 54.1 Å². The van der Waals surface area contributed by atoms with Crippen molar-refractivity contribution in [3.63, 3.8) is 0 Å². The van der Waals surface area contributed by atoms with E-state index in [1.54, 1.807) is 48.5 Å². The van der Waals surface area contributed by atoms with E-state index in [9.17, 15) is 14.7 Å². The summed E-state index contributed by atoms with van der Waals surface area (Å²) in [6, 6.07) is 12.7. The van der Waals surface area contributed by atoms with Crippen LogP contribution in [0.5, 0.6) is 5.75 Å². The number of aliphatic hydroxyl groups is 1. The number of para-hydroxylation sites is 1. The van der Waals surface area contributed by atoms with E-state index >= 15 is 0 Å². The molecule has 0 spiro atoms. The third-order valence-corrected chi connectivity index (χ3v) is 4.54. The number of hydrogen-bond acceptors (Lipinski definition) is 5. The van der Waals surface area contributed by atoms with Crippen LogP contribution in [0.2, 0.25) is 0 Å². The van der Waals surface area contributed by atoms with E-state index < -0.39 is 17.7 Å². The molecule has 28 heavy (non-hydrogen) atoms. The van der Waals surface area contributed by atoms with Crippen LogP contribution in [0.25, 0.3) is 0 Å². The van der Waals surface area contributed by atoms with Crippen LogP contribution in [-0.4, -0.2) is 56.2 Å². The van der Waals surface area contributed by atoms with Crippen molar-refractivity contribution in [3.8, 4) is 5.75 Å². The van der Waals surface area contributed by atoms with Gasteiger partial charge in [-0.2, -0.15) is 0 Å². The highest BCUT2D eigenvalue weighted by Gasteiger charge is 2.51. The molecule has 8 nitrogen and oxygen atoms in total. The third kappa shape index (κ3) is 3.51. The molecule has 2 aromatic rings. The van der Waals surface area contributed by atoms with E-state index in [4.69, 9.17) is 4.74 Å². The molecule has 0 saturated carbocycles. The Labute approximate surface area is 163 Å². The highest BCUT2D eigenvalue weighted by Crippen LogP contribution is 2.40. The molecule has 1 unspecified atom stereocenters. The van der Waals surface area contributed by atoms with Gasteiger partial charge in [0, 0.05) is 24.7 Å². The number of carbonyl (C=O) groups is 2. The van der Waals surface area contributed by atoms with Crippen LogP contribution < -0.4 is 20.3 Å². The number of ether oxygens (including phenoxy) is 1. The van der Waals surface area contributed by atoms with Crippen molar-refractivity contribution in [2.24, 2.45) is 0 Å². The van der Waals surface area contributed by atoms with Crippen molar-refractivity contribution < 1.29 is 19.4 Å². The normalized spacial score (nSPS) is 18.5. The van der Waals surface area contributed by atoms with Crippen molar-refractivity contribution in [1.29, 1.82) is 0 Å². The number of rotatable bonds is 6. The van der Waals surface area contributed by atoms with Gasteiger partial charge in [-0.1, -0.05) is 24.3 Å². The highest BCUT2D eigenvalue weighted by atomic mass is 16.5. The predicted octanol–water partition coefficient (Wildman–Crippen LogP) is 1.57. The summed E-state index contributed by atoms with van der Waals surface area (Å²) in [7, 11) is 5.27. The summed E-state index contributed by atoms with van der Waals surface area (Å²) in [4.78, 5) is 29.0. The molecular formula is C20H24N4O4. The molecule has 2 aromatic carbocycles. The fourth-order valence-electron chi connectivity index (χ4n) is 3.13. The molecule has 0 fully saturated rings. The lowest BCUT2D eigenvalue weighted by Crippen LogP contribution is -2.62. The smallest absolute Gasteiger partial charge is 0.329 e. The van der Waals surface area contributed by atoms with Gasteiger partial charge >= 0.3 is 6.03 Å². The van der Waals surface area contributed by atoms with Crippen molar-refractivity contribution in [2.45, 2.75) is 5.72 Å². The molecule has 3 rings (SSSR count). The van der Waals surface area contributed by atoms with Gasteiger partial charge in [0.2, 0.25) is 0 Å². The van der Waals surface area contributed by atoms with E-state index in [1.807, 2.05) is 19.0 Å². The molecule has 1 heterocycles. The average Bonchev–Trinajstić information content (AvgIpc) is 2.67. The van der Waals surface area contributed by atoms with Crippen molar-refractivity contribution in [1.82, 2.24) is 10.2 Å². The van der Waals surface area contributed by atoms with Gasteiger partial charge in [-0.3, -0.25) is 9.69 Å². The molecule has 0 aromatic heterocycles. The molecule has 0 aliphatic carbocycles. The average molecular weight is 384 g/mol. The number of benzene rings is 2. The number of carbonyl (C=O) groups excluding carboxylic acids is 2. The summed E-state index contributed by atoms with van der Waals surface area (Å²) >= 11 is 0. The first kappa shape index (κ1) is 19.7. The minimum absolute atomic E-state index is 0.291. The topological polar surface area (TPSA) is 94.1 Å². The molecular weight excluding hydrogens is 360 g/mol. The van der Waals surface area contributed by atoms with Gasteiger partial charge in [0.25, 0.3) is 11.6 Å². The fraction of sp³-hybridized carbons (Fsp3) is 0.300. The van der Waals surface area contributed by atoms with Gasteiger partial charge in [0.15, 0.2) is 0 Å². The van der Waals surface area contributed by atoms with E-state index in [1.165, 1.54) is 7.11 Å². The highest BCUT2D eigenvalue weighted by molar-refractivity contribution is 6.11. The minimum Gasteiger partial charge on any atom is -0.497 e. The van der Waals surface area contributed by atoms with Gasteiger partial charge in [-0.05, 0) is 32.3 Å². The quantitative estimate of drug-likeness (QED) is 0.703. The zero-order chi connectivity index (χ0) is 20.3. The van der Waals surface area contributed by atoms with Crippen LogP contribution >= 0.6 is 0 Å². The zero-order valence-corrected chi connectivity index (χ0v) is 16.1. The molecule has 3 amide bonds. The Morgan fingerprint density at radius 2 is 2.00 bits per heavy atom. The number of fused-ring (bicyclic) bond motifs is 1. The Hall–Kier alpha value is -3.10. The Bertz CT molecular complexity index is 886. The minimum atomic E-state index is -2.21. The summed E-state index contributed by atoms with van der Waals surface area (Å²) in [6.45, 7) is 0.915. The first-order chi connectivity index (χ1) is 13.4. The maximum Gasteiger partial charge on any atom is 0.329 e. The molecule has 0 radical (unpaired) electrons. The monoisotopic (exact) mass is 384 g/mol. The van der Waals surface area contributed by atoms with Crippen LogP contribution in [0.1, 0.15) is 5.56 Å². The Morgan fingerprint density at radius 3 is 2.71 bits per heavy atom. The van der Waals surface area contributed by atoms with E-state index in [-0.39, 0.29) is 0 Å². The van der Waals surface area contributed by atoms with Gasteiger partial charge < -0.3 is 25.4 Å². The number of methoxy groups -OCH3 is 1. The van der Waals surface area contributed by atoms with Gasteiger partial charge in [0.05, 0.1) is 18.5 Å². The number of amides is 3. The van der Waals surface area contributed by atoms with Crippen LogP contribution in [0.4, 0.5) is 16.2 Å². The first-order valence-electron chi connectivity index (χ1n) is 8.88. The number of likely N-dealkylation sites (N-methyl/N-ethyl adjacent to an activating group) is 1. The molecule has 1 aliphatic rings. The first-order valence-corrected chi connectivity index (χ1v) is 8.88. The fourth-order valence-corrected chi connectivity index (χ4v) is 3.13. The van der Waals surface area contributed by atoms with E-state index in [2.05, 4.69) is 10.6 Å². The second-order valence-electron chi connectivity index (χ2n) is 6.74. The largest absolute Gasteiger partial charge is 0.497 e. The summed E-state index contributed by atoms with van der Waals surface area (Å²) in [5.74, 6) is -0.181. The van der Waals surface area contributed by atoms with Crippen molar-refractivity contribution in [2.75, 3.05) is 44.5 Å². The lowest BCUT2D eigenvalue weighted by molar-refractivity contribution is -0.140. The third-order valence-electron chi connectivity index (χ3n) is 4.54. The SMILES string of the molecule is COc1cccc(N2C(=O)Nc3ccccc3C2(O)C(=O)NCCN(C)C)c1. The maximum atomic E-state index is 13.1. The van der Waals surface area contributed by atoms with Crippen LogP contribution in [-0.2, 0) is 10.5 Å². The zero-order valence-electron chi connectivity index (χ0n) is 16.1. The molecule has 8 heteroatoms. The summed E-state index contributed by atoms with van der Waals surface area (Å²) in [6.07, 6.45) is 0. The van der Waals surface area contributed by atoms with Gasteiger partial charge in [-0.25, -0.2) is 4.79 Å². The molecule has 0 bridgehead atoms. The number of hydrogen-bond donors (Lipinski definition) is 3. The molecule has 148 valence electrons. The molecule has 1 atom stereocenters. The molecule has 0 saturated heterocycles. The Kier molecular flexibility index (Phi) is 5.53. The van der Waals surface area contributed by atoms with Gasteiger partial charge in [0.1, 0.15) is 5.75 Å². The number of urea groups is 1. The number of nitrogens with one attached hydrogen (secondary N) is 2. The standard InChI is InChI=1S/C20H24N4O4/c1-23(2)12-11-21-18(25)20(27)16-9-4-5-10-17(16)22-19(26)24(20)14-7-6-8-15(13-14)28-3/h4-10,13,27H,11-12H2,1-3H3,(H,21,25)(H,22,26). The predicted molar refractivity (Wildman–Crippen MR) is 106 cm³/mol. The summed E-state index contributed by atoms with van der Waals surface area (Å²) in [5.41, 5.74) is -1.20. The number of nitrogens with zero attached hydrogens (tertiary/aromatic N) is 2. The maximum absolute atomic E-state index is 13.1. The lowest BCUT2D eigenvalue weighted by atomic mass is 9.94. The van der Waals surface area contributed by atoms with Crippen LogP contribution in [0.15, 0.2) is 48.5 Å². The lowest BCUT2D eigenvalue weighted by Gasteiger charge is -2.42. The Morgan fingerprint density at radius 1 is 1.25 bits per heavy atom. The van der Waals surface area contributed by atoms with Crippen molar-refractivity contribution >= 4 is 23.3 Å². The van der Waals surface area contributed by atoms with E-state index in [0.717, 1.165) is 4.90 Å². The number of anilines is 2. The summed E-state index contributed by atoms with van der Waals surface area (Å²) in [5, 5.41) is 17.1. The summed E-state index contributed by atoms with van der Waals surface area (Å²) < 4.78 is 5.22.